The molecule has 4 nitrogen and oxygen atoms in total. The molecule has 0 amide bonds. The quantitative estimate of drug-likeness (QED) is 0.297. The maximum atomic E-state index is 11.2. The number of ether oxygens (including phenoxy) is 1. The van der Waals surface area contributed by atoms with Gasteiger partial charge in [0.2, 0.25) is 0 Å². The predicted octanol–water partition coefficient (Wildman–Crippen LogP) is 6.18. The number of unbranched alkanes of at least 4 members (excludes halogenated alkanes) is 3. The summed E-state index contributed by atoms with van der Waals surface area (Å²) in [6.45, 7) is 12.5. The van der Waals surface area contributed by atoms with E-state index >= 15 is 0 Å². The van der Waals surface area contributed by atoms with E-state index in [1.54, 1.807) is 13.8 Å². The predicted molar refractivity (Wildman–Crippen MR) is 118 cm³/mol. The second-order valence-electron chi connectivity index (χ2n) is 9.58. The Bertz CT molecular complexity index is 674. The van der Waals surface area contributed by atoms with Crippen molar-refractivity contribution in [2.45, 2.75) is 105 Å². The number of aliphatic carboxylic acids is 1. The SMILES string of the molecule is Cc1ccc(CCCCC(C)(C)OC=O)c(C)c1CCCCCC(C)(C)C(=O)O. The van der Waals surface area contributed by atoms with Crippen molar-refractivity contribution in [3.8, 4) is 0 Å². The van der Waals surface area contributed by atoms with Crippen LogP contribution in [0.15, 0.2) is 12.1 Å². The fourth-order valence-corrected chi connectivity index (χ4v) is 3.80. The van der Waals surface area contributed by atoms with Gasteiger partial charge in [0.25, 0.3) is 6.47 Å². The third kappa shape index (κ3) is 8.59. The molecule has 29 heavy (non-hydrogen) atoms. The second-order valence-corrected chi connectivity index (χ2v) is 9.58. The fraction of sp³-hybridized carbons (Fsp3) is 0.680. The van der Waals surface area contributed by atoms with Crippen LogP contribution in [-0.2, 0) is 27.2 Å². The van der Waals surface area contributed by atoms with Gasteiger partial charge in [-0.25, -0.2) is 0 Å². The van der Waals surface area contributed by atoms with Crippen molar-refractivity contribution in [2.75, 3.05) is 0 Å². The molecule has 4 heteroatoms. The lowest BCUT2D eigenvalue weighted by Crippen LogP contribution is -2.23. The number of carbonyl (C=O) groups is 2. The average molecular weight is 405 g/mol. The smallest absolute Gasteiger partial charge is 0.309 e. The Labute approximate surface area is 177 Å². The van der Waals surface area contributed by atoms with Crippen molar-refractivity contribution in [2.24, 2.45) is 5.41 Å². The molecular weight excluding hydrogens is 364 g/mol. The summed E-state index contributed by atoms with van der Waals surface area (Å²) in [5, 5.41) is 9.22. The molecule has 0 saturated heterocycles. The van der Waals surface area contributed by atoms with Crippen LogP contribution < -0.4 is 0 Å². The fourth-order valence-electron chi connectivity index (χ4n) is 3.80. The van der Waals surface area contributed by atoms with E-state index in [2.05, 4.69) is 26.0 Å². The Hall–Kier alpha value is -1.84. The minimum Gasteiger partial charge on any atom is -0.481 e. The molecule has 1 aromatic carbocycles. The lowest BCUT2D eigenvalue weighted by atomic mass is 9.86. The summed E-state index contributed by atoms with van der Waals surface area (Å²) in [6, 6.07) is 4.47. The zero-order chi connectivity index (χ0) is 22.1. The Morgan fingerprint density at radius 2 is 1.59 bits per heavy atom. The van der Waals surface area contributed by atoms with Crippen LogP contribution in [-0.4, -0.2) is 23.1 Å². The summed E-state index contributed by atoms with van der Waals surface area (Å²) in [5.41, 5.74) is 4.59. The second kappa shape index (κ2) is 11.4. The van der Waals surface area contributed by atoms with Crippen LogP contribution >= 0.6 is 0 Å². The standard InChI is InChI=1S/C25H40O4/c1-19-14-15-21(12-9-11-17-25(5,6)29-18-26)20(2)22(19)13-8-7-10-16-24(3,4)23(27)28/h14-15,18H,7-13,16-17H2,1-6H3,(H,27,28). The Kier molecular flexibility index (Phi) is 9.88. The lowest BCUT2D eigenvalue weighted by molar-refractivity contribution is -0.147. The number of benzene rings is 1. The maximum Gasteiger partial charge on any atom is 0.309 e. The first-order valence-corrected chi connectivity index (χ1v) is 10.9. The van der Waals surface area contributed by atoms with Gasteiger partial charge < -0.3 is 9.84 Å². The van der Waals surface area contributed by atoms with Gasteiger partial charge in [-0.05, 0) is 109 Å². The molecule has 0 heterocycles. The van der Waals surface area contributed by atoms with Crippen molar-refractivity contribution >= 4 is 12.4 Å². The zero-order valence-electron chi connectivity index (χ0n) is 19.3. The highest BCUT2D eigenvalue weighted by Gasteiger charge is 2.26. The maximum absolute atomic E-state index is 11.2. The zero-order valence-corrected chi connectivity index (χ0v) is 19.3. The number of rotatable bonds is 14. The first-order chi connectivity index (χ1) is 13.5. The van der Waals surface area contributed by atoms with E-state index in [9.17, 15) is 14.7 Å². The molecule has 0 fully saturated rings. The lowest BCUT2D eigenvalue weighted by Gasteiger charge is -2.22. The summed E-state index contributed by atoms with van der Waals surface area (Å²) < 4.78 is 5.13. The molecular formula is C25H40O4. The molecule has 0 unspecified atom stereocenters. The van der Waals surface area contributed by atoms with Crippen LogP contribution in [0.3, 0.4) is 0 Å². The van der Waals surface area contributed by atoms with Gasteiger partial charge in [-0.2, -0.15) is 0 Å². The summed E-state index contributed by atoms with van der Waals surface area (Å²) in [6.07, 6.45) is 8.92. The summed E-state index contributed by atoms with van der Waals surface area (Å²) >= 11 is 0. The Morgan fingerprint density at radius 1 is 0.966 bits per heavy atom. The van der Waals surface area contributed by atoms with Crippen molar-refractivity contribution in [1.29, 1.82) is 0 Å². The number of aryl methyl sites for hydroxylation is 2. The van der Waals surface area contributed by atoms with E-state index in [1.165, 1.54) is 22.3 Å². The molecule has 1 rings (SSSR count). The number of carboxylic acid groups (broad SMARTS) is 1. The monoisotopic (exact) mass is 404 g/mol. The molecule has 0 saturated carbocycles. The number of hydrogen-bond donors (Lipinski definition) is 1. The van der Waals surface area contributed by atoms with Gasteiger partial charge in [-0.3, -0.25) is 9.59 Å². The normalized spacial score (nSPS) is 12.1. The summed E-state index contributed by atoms with van der Waals surface area (Å²) in [4.78, 5) is 21.8. The van der Waals surface area contributed by atoms with Gasteiger partial charge in [0.05, 0.1) is 5.41 Å². The molecule has 0 aliphatic heterocycles. The summed E-state index contributed by atoms with van der Waals surface area (Å²) in [7, 11) is 0. The molecule has 0 bridgehead atoms. The van der Waals surface area contributed by atoms with Crippen LogP contribution in [0.25, 0.3) is 0 Å². The third-order valence-electron chi connectivity index (χ3n) is 6.09. The van der Waals surface area contributed by atoms with Crippen molar-refractivity contribution in [1.82, 2.24) is 0 Å². The number of hydrogen-bond acceptors (Lipinski definition) is 3. The third-order valence-corrected chi connectivity index (χ3v) is 6.09. The number of carboxylic acids is 1. The van der Waals surface area contributed by atoms with Crippen LogP contribution in [0, 0.1) is 19.3 Å². The van der Waals surface area contributed by atoms with E-state index in [0.29, 0.717) is 6.47 Å². The average Bonchev–Trinajstić information content (AvgIpc) is 2.62. The first kappa shape index (κ1) is 25.2. The van der Waals surface area contributed by atoms with Gasteiger partial charge in [0.15, 0.2) is 0 Å². The Balaban J connectivity index is 2.52. The largest absolute Gasteiger partial charge is 0.481 e. The highest BCUT2D eigenvalue weighted by atomic mass is 16.5. The molecule has 0 spiro atoms. The number of carbonyl (C=O) groups excluding carboxylic acids is 1. The highest BCUT2D eigenvalue weighted by molar-refractivity contribution is 5.73. The van der Waals surface area contributed by atoms with Crippen LogP contribution in [0.5, 0.6) is 0 Å². The highest BCUT2D eigenvalue weighted by Crippen LogP contribution is 2.26. The van der Waals surface area contributed by atoms with Gasteiger partial charge in [-0.15, -0.1) is 0 Å². The molecule has 1 N–H and O–H groups in total. The van der Waals surface area contributed by atoms with E-state index in [1.807, 2.05) is 13.8 Å². The van der Waals surface area contributed by atoms with Crippen LogP contribution in [0.4, 0.5) is 0 Å². The molecule has 164 valence electrons. The van der Waals surface area contributed by atoms with Crippen molar-refractivity contribution in [3.63, 3.8) is 0 Å². The van der Waals surface area contributed by atoms with E-state index < -0.39 is 11.4 Å². The van der Waals surface area contributed by atoms with Crippen LogP contribution in [0.1, 0.15) is 94.9 Å². The van der Waals surface area contributed by atoms with Gasteiger partial charge in [0.1, 0.15) is 5.60 Å². The molecule has 0 aliphatic carbocycles. The van der Waals surface area contributed by atoms with Crippen molar-refractivity contribution < 1.29 is 19.4 Å². The van der Waals surface area contributed by atoms with Gasteiger partial charge in [-0.1, -0.05) is 25.0 Å². The van der Waals surface area contributed by atoms with E-state index in [0.717, 1.165) is 57.8 Å². The van der Waals surface area contributed by atoms with Crippen LogP contribution in [0.2, 0.25) is 0 Å². The van der Waals surface area contributed by atoms with Crippen molar-refractivity contribution in [3.05, 3.63) is 34.4 Å². The topological polar surface area (TPSA) is 63.6 Å². The molecule has 1 aromatic rings. The molecule has 0 aliphatic rings. The Morgan fingerprint density at radius 3 is 2.21 bits per heavy atom. The minimum absolute atomic E-state index is 0.384. The first-order valence-electron chi connectivity index (χ1n) is 10.9. The van der Waals surface area contributed by atoms with E-state index in [-0.39, 0.29) is 5.60 Å². The summed E-state index contributed by atoms with van der Waals surface area (Å²) in [5.74, 6) is -0.710. The molecule has 0 aromatic heterocycles. The van der Waals surface area contributed by atoms with Gasteiger partial charge in [0, 0.05) is 0 Å². The molecule has 0 radical (unpaired) electrons. The van der Waals surface area contributed by atoms with Gasteiger partial charge >= 0.3 is 5.97 Å². The molecule has 0 atom stereocenters. The minimum atomic E-state index is -0.710. The van der Waals surface area contributed by atoms with E-state index in [4.69, 9.17) is 4.74 Å².